The van der Waals surface area contributed by atoms with Crippen LogP contribution < -0.4 is 22.3 Å². The number of quaternary nitrogens is 1. The van der Waals surface area contributed by atoms with E-state index in [4.69, 9.17) is 4.74 Å². The maximum atomic E-state index is 11.1. The first-order valence-electron chi connectivity index (χ1n) is 11.3. The maximum absolute atomic E-state index is 11.1. The molecule has 0 amide bonds. The van der Waals surface area contributed by atoms with Crippen molar-refractivity contribution >= 4 is 5.97 Å². The first-order valence-corrected chi connectivity index (χ1v) is 11.3. The maximum Gasteiger partial charge on any atom is 0.330 e. The number of esters is 1. The predicted molar refractivity (Wildman–Crippen MR) is 112 cm³/mol. The van der Waals surface area contributed by atoms with Crippen LogP contribution in [0.2, 0.25) is 0 Å². The van der Waals surface area contributed by atoms with Crippen molar-refractivity contribution < 1.29 is 31.8 Å². The highest BCUT2D eigenvalue weighted by Crippen LogP contribution is 2.16. The van der Waals surface area contributed by atoms with Gasteiger partial charge in [-0.3, -0.25) is 0 Å². The van der Waals surface area contributed by atoms with E-state index in [1.165, 1.54) is 89.5 Å². The summed E-state index contributed by atoms with van der Waals surface area (Å²) in [6.45, 7) is 10.7. The summed E-state index contributed by atoms with van der Waals surface area (Å²) >= 11 is 0. The van der Waals surface area contributed by atoms with Gasteiger partial charge in [-0.1, -0.05) is 90.6 Å². The van der Waals surface area contributed by atoms with Crippen LogP contribution in [0.25, 0.3) is 0 Å². The van der Waals surface area contributed by atoms with E-state index in [0.717, 1.165) is 19.5 Å². The van der Waals surface area contributed by atoms with Crippen LogP contribution in [0.5, 0.6) is 0 Å². The molecule has 0 aliphatic heterocycles. The Morgan fingerprint density at radius 2 is 1.41 bits per heavy atom. The van der Waals surface area contributed by atoms with Gasteiger partial charge in [0.05, 0.1) is 19.7 Å². The lowest BCUT2D eigenvalue weighted by atomic mass is 9.97. The second-order valence-electron chi connectivity index (χ2n) is 7.64. The van der Waals surface area contributed by atoms with Gasteiger partial charge in [0.1, 0.15) is 0 Å². The zero-order chi connectivity index (χ0) is 19.3. The Bertz CT molecular complexity index is 324. The molecular weight excluding hydrogens is 402 g/mol. The molecule has 0 fully saturated rings. The molecule has 0 aromatic carbocycles. The van der Waals surface area contributed by atoms with Crippen molar-refractivity contribution in [3.05, 3.63) is 12.7 Å². The zero-order valence-corrected chi connectivity index (χ0v) is 19.7. The first kappa shape index (κ1) is 28.9. The Labute approximate surface area is 179 Å². The molecule has 0 aromatic heterocycles. The summed E-state index contributed by atoms with van der Waals surface area (Å²) in [6, 6.07) is 0. The lowest BCUT2D eigenvalue weighted by Gasteiger charge is -2.15. The third-order valence-corrected chi connectivity index (χ3v) is 5.19. The number of rotatable bonds is 20. The van der Waals surface area contributed by atoms with Crippen LogP contribution in [-0.2, 0) is 9.53 Å². The van der Waals surface area contributed by atoms with E-state index in [2.05, 4.69) is 25.7 Å². The zero-order valence-electron chi connectivity index (χ0n) is 18.2. The molecular formula is C23H46BrNO2. The Morgan fingerprint density at radius 3 is 1.89 bits per heavy atom. The van der Waals surface area contributed by atoms with Crippen LogP contribution in [-0.4, -0.2) is 25.7 Å². The van der Waals surface area contributed by atoms with Gasteiger partial charge in [0.25, 0.3) is 0 Å². The van der Waals surface area contributed by atoms with E-state index < -0.39 is 0 Å². The molecule has 0 aromatic rings. The van der Waals surface area contributed by atoms with Crippen molar-refractivity contribution in [3.63, 3.8) is 0 Å². The summed E-state index contributed by atoms with van der Waals surface area (Å²) in [5.41, 5.74) is 0. The van der Waals surface area contributed by atoms with Gasteiger partial charge in [-0.25, -0.2) is 4.79 Å². The molecule has 0 radical (unpaired) electrons. The lowest BCUT2D eigenvalue weighted by molar-refractivity contribution is -0.657. The fraction of sp³-hybridized carbons (Fsp3) is 0.870. The third kappa shape index (κ3) is 21.8. The van der Waals surface area contributed by atoms with E-state index in [-0.39, 0.29) is 23.0 Å². The van der Waals surface area contributed by atoms with Crippen LogP contribution in [0.3, 0.4) is 0 Å². The number of carbonyl (C=O) groups is 1. The average Bonchev–Trinajstić information content (AvgIpc) is 2.66. The SMILES string of the molecule is C=CC(=O)OCCC(CCCCCCCCCCCCCC)C[NH2+]CC.[Br-]. The molecule has 3 nitrogen and oxygen atoms in total. The van der Waals surface area contributed by atoms with Crippen LogP contribution in [0.15, 0.2) is 12.7 Å². The second kappa shape index (κ2) is 23.7. The molecule has 162 valence electrons. The molecule has 0 spiro atoms. The van der Waals surface area contributed by atoms with Gasteiger partial charge < -0.3 is 27.0 Å². The monoisotopic (exact) mass is 447 g/mol. The fourth-order valence-corrected chi connectivity index (χ4v) is 3.44. The van der Waals surface area contributed by atoms with E-state index in [9.17, 15) is 4.79 Å². The molecule has 4 heteroatoms. The highest BCUT2D eigenvalue weighted by atomic mass is 79.9. The van der Waals surface area contributed by atoms with Gasteiger partial charge >= 0.3 is 5.97 Å². The number of halogens is 1. The van der Waals surface area contributed by atoms with E-state index in [1.807, 2.05) is 0 Å². The predicted octanol–water partition coefficient (Wildman–Crippen LogP) is 2.40. The van der Waals surface area contributed by atoms with Crippen molar-refractivity contribution in [2.45, 2.75) is 104 Å². The normalized spacial score (nSPS) is 11.6. The molecule has 0 aliphatic carbocycles. The molecule has 0 saturated carbocycles. The quantitative estimate of drug-likeness (QED) is 0.177. The largest absolute Gasteiger partial charge is 1.00 e. The standard InChI is InChI=1S/C23H45NO2.BrH/c1-4-7-8-9-10-11-12-13-14-15-16-17-18-22(21-24-6-3)19-20-26-23(25)5-2;/h5,22,24H,2,4,6-21H2,1,3H3;1H. The minimum absolute atomic E-state index is 0. The minimum Gasteiger partial charge on any atom is -1.00 e. The number of ether oxygens (including phenoxy) is 1. The van der Waals surface area contributed by atoms with Crippen molar-refractivity contribution in [1.82, 2.24) is 0 Å². The Kier molecular flexibility index (Phi) is 25.3. The summed E-state index contributed by atoms with van der Waals surface area (Å²) in [5.74, 6) is 0.365. The molecule has 0 heterocycles. The fourth-order valence-electron chi connectivity index (χ4n) is 3.44. The van der Waals surface area contributed by atoms with Crippen LogP contribution in [0.1, 0.15) is 104 Å². The smallest absolute Gasteiger partial charge is 0.330 e. The number of unbranched alkanes of at least 4 members (excludes halogenated alkanes) is 11. The molecule has 2 N–H and O–H groups in total. The summed E-state index contributed by atoms with van der Waals surface area (Å²) in [7, 11) is 0. The summed E-state index contributed by atoms with van der Waals surface area (Å²) < 4.78 is 5.14. The van der Waals surface area contributed by atoms with Crippen molar-refractivity contribution in [2.24, 2.45) is 5.92 Å². The third-order valence-electron chi connectivity index (χ3n) is 5.19. The number of hydrogen-bond donors (Lipinski definition) is 1. The van der Waals surface area contributed by atoms with Gasteiger partial charge in [0.2, 0.25) is 0 Å². The van der Waals surface area contributed by atoms with Crippen LogP contribution in [0.4, 0.5) is 0 Å². The summed E-state index contributed by atoms with van der Waals surface area (Å²) in [4.78, 5) is 11.1. The first-order chi connectivity index (χ1) is 12.7. The Morgan fingerprint density at radius 1 is 0.889 bits per heavy atom. The van der Waals surface area contributed by atoms with E-state index in [0.29, 0.717) is 12.5 Å². The van der Waals surface area contributed by atoms with Gasteiger partial charge in [-0.05, 0) is 19.8 Å². The van der Waals surface area contributed by atoms with Gasteiger partial charge in [-0.2, -0.15) is 0 Å². The number of hydrogen-bond acceptors (Lipinski definition) is 2. The topological polar surface area (TPSA) is 42.9 Å². The molecule has 27 heavy (non-hydrogen) atoms. The van der Waals surface area contributed by atoms with Gasteiger partial charge in [0.15, 0.2) is 0 Å². The Balaban J connectivity index is 0. The number of nitrogens with two attached hydrogens (primary N) is 1. The molecule has 0 aliphatic rings. The highest BCUT2D eigenvalue weighted by molar-refractivity contribution is 5.81. The van der Waals surface area contributed by atoms with Gasteiger partial charge in [-0.15, -0.1) is 0 Å². The molecule has 1 atom stereocenters. The molecule has 0 bridgehead atoms. The second-order valence-corrected chi connectivity index (χ2v) is 7.64. The molecule has 1 unspecified atom stereocenters. The summed E-state index contributed by atoms with van der Waals surface area (Å²) in [6.07, 6.45) is 20.3. The molecule has 0 rings (SSSR count). The van der Waals surface area contributed by atoms with Crippen LogP contribution >= 0.6 is 0 Å². The highest BCUT2D eigenvalue weighted by Gasteiger charge is 2.11. The van der Waals surface area contributed by atoms with E-state index in [1.54, 1.807) is 0 Å². The average molecular weight is 449 g/mol. The lowest BCUT2D eigenvalue weighted by Crippen LogP contribution is -3.00. The van der Waals surface area contributed by atoms with Crippen molar-refractivity contribution in [2.75, 3.05) is 19.7 Å². The van der Waals surface area contributed by atoms with Crippen LogP contribution in [0, 0.1) is 5.92 Å². The van der Waals surface area contributed by atoms with Gasteiger partial charge in [0, 0.05) is 12.0 Å². The summed E-state index contributed by atoms with van der Waals surface area (Å²) in [5, 5.41) is 2.36. The van der Waals surface area contributed by atoms with Crippen molar-refractivity contribution in [1.29, 1.82) is 0 Å². The van der Waals surface area contributed by atoms with E-state index >= 15 is 0 Å². The molecule has 0 saturated heterocycles. The Hall–Kier alpha value is -0.350. The minimum atomic E-state index is -0.298. The van der Waals surface area contributed by atoms with Crippen molar-refractivity contribution in [3.8, 4) is 0 Å². The number of carbonyl (C=O) groups excluding carboxylic acids is 1.